The van der Waals surface area contributed by atoms with Crippen molar-refractivity contribution in [2.75, 3.05) is 11.4 Å². The second-order valence-corrected chi connectivity index (χ2v) is 9.69. The highest BCUT2D eigenvalue weighted by molar-refractivity contribution is 6.31. The smallest absolute Gasteiger partial charge is 0.256 e. The van der Waals surface area contributed by atoms with Crippen LogP contribution in [0.4, 0.5) is 5.69 Å². The second kappa shape index (κ2) is 8.64. The summed E-state index contributed by atoms with van der Waals surface area (Å²) in [6.45, 7) is 6.74. The van der Waals surface area contributed by atoms with Crippen LogP contribution < -0.4 is 10.2 Å². The summed E-state index contributed by atoms with van der Waals surface area (Å²) in [5.41, 5.74) is 5.49. The Labute approximate surface area is 200 Å². The van der Waals surface area contributed by atoms with Crippen LogP contribution in [0.3, 0.4) is 0 Å². The van der Waals surface area contributed by atoms with Gasteiger partial charge in [0.2, 0.25) is 0 Å². The number of anilines is 1. The van der Waals surface area contributed by atoms with E-state index in [1.807, 2.05) is 55.2 Å². The maximum absolute atomic E-state index is 13.7. The molecule has 0 bridgehead atoms. The molecule has 0 saturated carbocycles. The van der Waals surface area contributed by atoms with Crippen molar-refractivity contribution in [2.45, 2.75) is 58.2 Å². The highest BCUT2D eigenvalue weighted by Crippen LogP contribution is 2.40. The number of nitrogens with one attached hydrogen (secondary N) is 1. The third-order valence-electron chi connectivity index (χ3n) is 6.63. The normalized spacial score (nSPS) is 26.2. The van der Waals surface area contributed by atoms with Crippen LogP contribution in [0.2, 0.25) is 5.02 Å². The molecule has 0 radical (unpaired) electrons. The third-order valence-corrected chi connectivity index (χ3v) is 6.96. The molecule has 0 spiro atoms. The molecule has 3 heterocycles. The van der Waals surface area contributed by atoms with Crippen LogP contribution in [0.25, 0.3) is 0 Å². The van der Waals surface area contributed by atoms with E-state index in [9.17, 15) is 4.79 Å². The van der Waals surface area contributed by atoms with Gasteiger partial charge in [-0.1, -0.05) is 53.6 Å². The summed E-state index contributed by atoms with van der Waals surface area (Å²) in [7, 11) is 0. The van der Waals surface area contributed by atoms with E-state index in [4.69, 9.17) is 21.1 Å². The highest BCUT2D eigenvalue weighted by Gasteiger charge is 2.40. The Hall–Kier alpha value is -2.60. The first-order chi connectivity index (χ1) is 15.8. The van der Waals surface area contributed by atoms with Gasteiger partial charge in [-0.05, 0) is 62.9 Å². The van der Waals surface area contributed by atoms with Crippen molar-refractivity contribution in [2.24, 2.45) is 0 Å². The van der Waals surface area contributed by atoms with E-state index in [0.29, 0.717) is 11.4 Å². The lowest BCUT2D eigenvalue weighted by atomic mass is 9.92. The van der Waals surface area contributed by atoms with Crippen molar-refractivity contribution in [1.29, 1.82) is 0 Å². The average molecular weight is 465 g/mol. The largest absolute Gasteiger partial charge is 0.372 e. The van der Waals surface area contributed by atoms with Crippen LogP contribution in [0.1, 0.15) is 48.3 Å². The first kappa shape index (κ1) is 22.2. The van der Waals surface area contributed by atoms with Gasteiger partial charge in [-0.15, -0.1) is 0 Å². The Morgan fingerprint density at radius 2 is 2.06 bits per heavy atom. The number of dihydropyridines is 1. The fraction of sp³-hybridized carbons (Fsp3) is 0.370. The van der Waals surface area contributed by atoms with Gasteiger partial charge in [0, 0.05) is 34.9 Å². The summed E-state index contributed by atoms with van der Waals surface area (Å²) in [6, 6.07) is 12.1. The zero-order valence-electron chi connectivity index (χ0n) is 19.2. The van der Waals surface area contributed by atoms with Gasteiger partial charge in [0.25, 0.3) is 5.91 Å². The molecule has 0 aliphatic carbocycles. The lowest BCUT2D eigenvalue weighted by Crippen LogP contribution is -2.56. The monoisotopic (exact) mass is 464 g/mol. The van der Waals surface area contributed by atoms with Crippen molar-refractivity contribution in [3.05, 3.63) is 87.6 Å². The van der Waals surface area contributed by atoms with Crippen LogP contribution in [0.15, 0.2) is 60.3 Å². The third kappa shape index (κ3) is 4.21. The Morgan fingerprint density at radius 1 is 1.24 bits per heavy atom. The molecule has 2 aromatic carbocycles. The molecule has 1 atom stereocenters. The summed E-state index contributed by atoms with van der Waals surface area (Å²) >= 11 is 6.33. The number of aryl methyl sites for hydroxylation is 3. The number of benzene rings is 2. The van der Waals surface area contributed by atoms with Crippen LogP contribution in [0.5, 0.6) is 0 Å². The lowest BCUT2D eigenvalue weighted by molar-refractivity contribution is -0.389. The fourth-order valence-electron chi connectivity index (χ4n) is 4.88. The molecule has 1 saturated heterocycles. The van der Waals surface area contributed by atoms with Gasteiger partial charge >= 0.3 is 0 Å². The quantitative estimate of drug-likeness (QED) is 0.649. The average Bonchev–Trinajstić information content (AvgIpc) is 2.76. The van der Waals surface area contributed by atoms with E-state index in [1.165, 1.54) is 11.1 Å². The number of allylic oxidation sites excluding steroid dienone is 2. The summed E-state index contributed by atoms with van der Waals surface area (Å²) in [5.74, 6) is 0.0502. The van der Waals surface area contributed by atoms with Crippen LogP contribution in [-0.4, -0.2) is 24.3 Å². The second-order valence-electron chi connectivity index (χ2n) is 9.28. The molecule has 6 heteroatoms. The molecule has 1 unspecified atom stereocenters. The first-order valence-corrected chi connectivity index (χ1v) is 11.9. The molecule has 2 aromatic rings. The molecular formula is C27H29ClN2O3. The molecule has 3 aliphatic heterocycles. The minimum absolute atomic E-state index is 0.0502. The van der Waals surface area contributed by atoms with Crippen molar-refractivity contribution in [1.82, 2.24) is 5.32 Å². The van der Waals surface area contributed by atoms with E-state index in [2.05, 4.69) is 30.4 Å². The Morgan fingerprint density at radius 3 is 2.85 bits per heavy atom. The van der Waals surface area contributed by atoms with Gasteiger partial charge in [0.15, 0.2) is 12.6 Å². The van der Waals surface area contributed by atoms with Gasteiger partial charge in [0.1, 0.15) is 5.54 Å². The number of carbonyl (C=O) groups excluding carboxylic acids is 1. The predicted molar refractivity (Wildman–Crippen MR) is 130 cm³/mol. The summed E-state index contributed by atoms with van der Waals surface area (Å²) in [6.07, 6.45) is 7.52. The molecule has 33 heavy (non-hydrogen) atoms. The zero-order valence-corrected chi connectivity index (χ0v) is 20.0. The molecule has 1 fully saturated rings. The zero-order chi connectivity index (χ0) is 23.2. The first-order valence-electron chi connectivity index (χ1n) is 11.5. The number of hydrogen-bond donors (Lipinski definition) is 1. The van der Waals surface area contributed by atoms with E-state index in [1.54, 1.807) is 0 Å². The molecule has 3 aliphatic rings. The molecule has 172 valence electrons. The number of nitrogens with zero attached hydrogens (tertiary/aromatic N) is 1. The minimum atomic E-state index is -0.827. The lowest BCUT2D eigenvalue weighted by Gasteiger charge is -2.41. The topological polar surface area (TPSA) is 50.8 Å². The molecular weight excluding hydrogens is 436 g/mol. The molecule has 1 amide bonds. The Kier molecular flexibility index (Phi) is 5.81. The number of hydrogen-bond acceptors (Lipinski definition) is 4. The maximum Gasteiger partial charge on any atom is 0.256 e. The van der Waals surface area contributed by atoms with Gasteiger partial charge < -0.3 is 19.7 Å². The number of carbonyl (C=O) groups is 1. The molecule has 5 rings (SSSR count). The van der Waals surface area contributed by atoms with Gasteiger partial charge in [-0.25, -0.2) is 0 Å². The summed E-state index contributed by atoms with van der Waals surface area (Å²) in [4.78, 5) is 15.6. The van der Waals surface area contributed by atoms with E-state index < -0.39 is 11.8 Å². The predicted octanol–water partition coefficient (Wildman–Crippen LogP) is 5.50. The summed E-state index contributed by atoms with van der Waals surface area (Å²) < 4.78 is 12.0. The SMILES string of the molecule is Cc1ccc2c(c1)CCCN2C(=O)C1(C)C=CC=C(CC2OC(c3c(C)cccc3Cl)O2)N1. The Balaban J connectivity index is 1.25. The molecule has 0 aromatic heterocycles. The molecule has 1 N–H and O–H groups in total. The van der Waals surface area contributed by atoms with Crippen molar-refractivity contribution >= 4 is 23.2 Å². The number of halogens is 1. The van der Waals surface area contributed by atoms with Crippen molar-refractivity contribution < 1.29 is 14.3 Å². The van der Waals surface area contributed by atoms with Gasteiger partial charge in [-0.3, -0.25) is 4.79 Å². The number of fused-ring (bicyclic) bond motifs is 1. The summed E-state index contributed by atoms with van der Waals surface area (Å²) in [5, 5.41) is 4.09. The van der Waals surface area contributed by atoms with Gasteiger partial charge in [-0.2, -0.15) is 0 Å². The number of rotatable bonds is 4. The van der Waals surface area contributed by atoms with Gasteiger partial charge in [0.05, 0.1) is 0 Å². The van der Waals surface area contributed by atoms with Crippen molar-refractivity contribution in [3.8, 4) is 0 Å². The van der Waals surface area contributed by atoms with Crippen LogP contribution >= 0.6 is 11.6 Å². The van der Waals surface area contributed by atoms with E-state index in [-0.39, 0.29) is 12.2 Å². The van der Waals surface area contributed by atoms with Crippen LogP contribution in [0, 0.1) is 13.8 Å². The number of amides is 1. The minimum Gasteiger partial charge on any atom is -0.372 e. The standard InChI is InChI=1S/C27H29ClN2O3/c1-17-11-12-22-19(15-17)8-6-14-30(22)26(31)27(3)13-5-9-20(29-27)16-23-32-25(33-23)24-18(2)7-4-10-21(24)28/h4-5,7,9-13,15,23,25,29H,6,8,14,16H2,1-3H3. The van der Waals surface area contributed by atoms with E-state index in [0.717, 1.165) is 41.9 Å². The number of ether oxygens (including phenoxy) is 2. The van der Waals surface area contributed by atoms with Crippen LogP contribution in [-0.2, 0) is 20.7 Å². The van der Waals surface area contributed by atoms with Crippen molar-refractivity contribution in [3.63, 3.8) is 0 Å². The fourth-order valence-corrected chi connectivity index (χ4v) is 5.19. The van der Waals surface area contributed by atoms with E-state index >= 15 is 0 Å². The highest BCUT2D eigenvalue weighted by atomic mass is 35.5. The maximum atomic E-state index is 13.7. The Bertz CT molecular complexity index is 1130. The molecule has 5 nitrogen and oxygen atoms in total.